The zero-order valence-electron chi connectivity index (χ0n) is 12.1. The predicted octanol–water partition coefficient (Wildman–Crippen LogP) is 1.70. The lowest BCUT2D eigenvalue weighted by molar-refractivity contribution is 0.211. The van der Waals surface area contributed by atoms with Gasteiger partial charge in [-0.1, -0.05) is 0 Å². The summed E-state index contributed by atoms with van der Waals surface area (Å²) in [4.78, 5) is 2.46. The molecule has 0 spiro atoms. The summed E-state index contributed by atoms with van der Waals surface area (Å²) in [7, 11) is 2.24. The molecule has 2 heterocycles. The van der Waals surface area contributed by atoms with Crippen molar-refractivity contribution in [3.63, 3.8) is 0 Å². The number of hydrogen-bond donors (Lipinski definition) is 2. The maximum atomic E-state index is 3.65. The second kappa shape index (κ2) is 8.13. The standard InChI is InChI=1S/C15H31N3/c1-18-11-6-14(7-12-18)4-9-16-10-5-15-3-2-8-17-13-15/h14-17H,2-13H2,1H3. The van der Waals surface area contributed by atoms with Crippen LogP contribution in [0.5, 0.6) is 0 Å². The molecule has 0 aromatic carbocycles. The Hall–Kier alpha value is -0.120. The summed E-state index contributed by atoms with van der Waals surface area (Å²) in [6.07, 6.45) is 8.37. The van der Waals surface area contributed by atoms with Crippen molar-refractivity contribution in [2.75, 3.05) is 46.3 Å². The van der Waals surface area contributed by atoms with Crippen LogP contribution in [0.3, 0.4) is 0 Å². The maximum Gasteiger partial charge on any atom is -0.00191 e. The molecule has 18 heavy (non-hydrogen) atoms. The van der Waals surface area contributed by atoms with Crippen LogP contribution in [-0.4, -0.2) is 51.2 Å². The van der Waals surface area contributed by atoms with Crippen molar-refractivity contribution < 1.29 is 0 Å². The summed E-state index contributed by atoms with van der Waals surface area (Å²) < 4.78 is 0. The van der Waals surface area contributed by atoms with Gasteiger partial charge >= 0.3 is 0 Å². The van der Waals surface area contributed by atoms with Gasteiger partial charge in [-0.3, -0.25) is 0 Å². The summed E-state index contributed by atoms with van der Waals surface area (Å²) in [6.45, 7) is 7.54. The first-order valence-corrected chi connectivity index (χ1v) is 7.94. The Morgan fingerprint density at radius 1 is 1.06 bits per heavy atom. The van der Waals surface area contributed by atoms with E-state index in [0.717, 1.165) is 11.8 Å². The number of rotatable bonds is 6. The van der Waals surface area contributed by atoms with Gasteiger partial charge in [0.05, 0.1) is 0 Å². The molecule has 1 atom stereocenters. The highest BCUT2D eigenvalue weighted by molar-refractivity contribution is 4.72. The molecule has 3 heteroatoms. The average Bonchev–Trinajstić information content (AvgIpc) is 2.42. The van der Waals surface area contributed by atoms with Gasteiger partial charge in [-0.15, -0.1) is 0 Å². The smallest absolute Gasteiger partial charge is 0.00191 e. The first kappa shape index (κ1) is 14.3. The van der Waals surface area contributed by atoms with E-state index in [-0.39, 0.29) is 0 Å². The van der Waals surface area contributed by atoms with Crippen LogP contribution in [0.25, 0.3) is 0 Å². The van der Waals surface area contributed by atoms with E-state index in [1.165, 1.54) is 77.8 Å². The molecule has 2 aliphatic heterocycles. The second-order valence-electron chi connectivity index (χ2n) is 6.29. The second-order valence-corrected chi connectivity index (χ2v) is 6.29. The highest BCUT2D eigenvalue weighted by atomic mass is 15.1. The molecule has 106 valence electrons. The van der Waals surface area contributed by atoms with Crippen LogP contribution in [0.15, 0.2) is 0 Å². The van der Waals surface area contributed by atoms with Crippen LogP contribution in [0.4, 0.5) is 0 Å². The minimum absolute atomic E-state index is 0.926. The predicted molar refractivity (Wildman–Crippen MR) is 77.9 cm³/mol. The molecule has 2 saturated heterocycles. The van der Waals surface area contributed by atoms with Crippen molar-refractivity contribution in [1.29, 1.82) is 0 Å². The quantitative estimate of drug-likeness (QED) is 0.706. The van der Waals surface area contributed by atoms with Crippen LogP contribution in [0.1, 0.15) is 38.5 Å². The molecule has 0 aromatic rings. The third-order valence-corrected chi connectivity index (χ3v) is 4.70. The zero-order valence-corrected chi connectivity index (χ0v) is 12.1. The highest BCUT2D eigenvalue weighted by Gasteiger charge is 2.16. The first-order chi connectivity index (χ1) is 8.84. The molecule has 1 unspecified atom stereocenters. The fraction of sp³-hybridized carbons (Fsp3) is 1.00. The third-order valence-electron chi connectivity index (χ3n) is 4.70. The molecule has 0 saturated carbocycles. The van der Waals surface area contributed by atoms with Gasteiger partial charge < -0.3 is 15.5 Å². The Balaban J connectivity index is 1.43. The molecule has 2 rings (SSSR count). The molecule has 2 fully saturated rings. The SMILES string of the molecule is CN1CCC(CCNCCC2CCCNC2)CC1. The van der Waals surface area contributed by atoms with Gasteiger partial charge in [0.25, 0.3) is 0 Å². The van der Waals surface area contributed by atoms with Crippen molar-refractivity contribution in [3.8, 4) is 0 Å². The molecule has 2 aliphatic rings. The fourth-order valence-electron chi connectivity index (χ4n) is 3.26. The normalized spacial score (nSPS) is 27.5. The molecular weight excluding hydrogens is 222 g/mol. The largest absolute Gasteiger partial charge is 0.317 e. The molecule has 0 aromatic heterocycles. The monoisotopic (exact) mass is 253 g/mol. The highest BCUT2D eigenvalue weighted by Crippen LogP contribution is 2.18. The van der Waals surface area contributed by atoms with Gasteiger partial charge in [-0.2, -0.15) is 0 Å². The summed E-state index contributed by atoms with van der Waals surface area (Å²) in [5.41, 5.74) is 0. The van der Waals surface area contributed by atoms with E-state index in [2.05, 4.69) is 22.6 Å². The maximum absolute atomic E-state index is 3.65. The molecule has 2 N–H and O–H groups in total. The lowest BCUT2D eigenvalue weighted by Crippen LogP contribution is -2.33. The minimum atomic E-state index is 0.926. The summed E-state index contributed by atoms with van der Waals surface area (Å²) >= 11 is 0. The number of likely N-dealkylation sites (tertiary alicyclic amines) is 1. The topological polar surface area (TPSA) is 27.3 Å². The molecule has 0 aliphatic carbocycles. The zero-order chi connectivity index (χ0) is 12.6. The van der Waals surface area contributed by atoms with Gasteiger partial charge in [-0.25, -0.2) is 0 Å². The Kier molecular flexibility index (Phi) is 6.46. The number of nitrogens with zero attached hydrogens (tertiary/aromatic N) is 1. The summed E-state index contributed by atoms with van der Waals surface area (Å²) in [5, 5.41) is 7.15. The van der Waals surface area contributed by atoms with Crippen molar-refractivity contribution in [2.24, 2.45) is 11.8 Å². The number of piperidine rings is 2. The van der Waals surface area contributed by atoms with Gasteiger partial charge in [0.15, 0.2) is 0 Å². The van der Waals surface area contributed by atoms with E-state index in [0.29, 0.717) is 0 Å². The average molecular weight is 253 g/mol. The molecule has 0 radical (unpaired) electrons. The summed E-state index contributed by atoms with van der Waals surface area (Å²) in [6, 6.07) is 0. The van der Waals surface area contributed by atoms with Crippen LogP contribution < -0.4 is 10.6 Å². The van der Waals surface area contributed by atoms with E-state index < -0.39 is 0 Å². The van der Waals surface area contributed by atoms with Crippen molar-refractivity contribution in [3.05, 3.63) is 0 Å². The molecular formula is C15H31N3. The fourth-order valence-corrected chi connectivity index (χ4v) is 3.26. The Labute approximate surface area is 113 Å². The minimum Gasteiger partial charge on any atom is -0.317 e. The van der Waals surface area contributed by atoms with E-state index in [9.17, 15) is 0 Å². The van der Waals surface area contributed by atoms with Crippen LogP contribution in [0.2, 0.25) is 0 Å². The molecule has 0 bridgehead atoms. The van der Waals surface area contributed by atoms with Gasteiger partial charge in [0.1, 0.15) is 0 Å². The van der Waals surface area contributed by atoms with E-state index in [1.54, 1.807) is 0 Å². The van der Waals surface area contributed by atoms with Crippen molar-refractivity contribution in [2.45, 2.75) is 38.5 Å². The van der Waals surface area contributed by atoms with Gasteiger partial charge in [-0.05, 0) is 96.7 Å². The van der Waals surface area contributed by atoms with Crippen LogP contribution in [-0.2, 0) is 0 Å². The first-order valence-electron chi connectivity index (χ1n) is 7.94. The summed E-state index contributed by atoms with van der Waals surface area (Å²) in [5.74, 6) is 1.90. The Morgan fingerprint density at radius 2 is 1.78 bits per heavy atom. The lowest BCUT2D eigenvalue weighted by atomic mass is 9.93. The lowest BCUT2D eigenvalue weighted by Gasteiger charge is -2.29. The van der Waals surface area contributed by atoms with Gasteiger partial charge in [0, 0.05) is 0 Å². The number of hydrogen-bond acceptors (Lipinski definition) is 3. The third kappa shape index (κ3) is 5.25. The molecule has 3 nitrogen and oxygen atoms in total. The van der Waals surface area contributed by atoms with Crippen molar-refractivity contribution >= 4 is 0 Å². The van der Waals surface area contributed by atoms with Crippen LogP contribution in [0, 0.1) is 11.8 Å². The van der Waals surface area contributed by atoms with E-state index in [4.69, 9.17) is 0 Å². The van der Waals surface area contributed by atoms with E-state index in [1.807, 2.05) is 0 Å². The van der Waals surface area contributed by atoms with Gasteiger partial charge in [0.2, 0.25) is 0 Å². The number of nitrogens with one attached hydrogen (secondary N) is 2. The Bertz CT molecular complexity index is 206. The van der Waals surface area contributed by atoms with Crippen molar-refractivity contribution in [1.82, 2.24) is 15.5 Å². The Morgan fingerprint density at radius 3 is 2.44 bits per heavy atom. The molecule has 0 amide bonds. The van der Waals surface area contributed by atoms with E-state index >= 15 is 0 Å². The van der Waals surface area contributed by atoms with Crippen LogP contribution >= 0.6 is 0 Å².